The molecule has 0 spiro atoms. The van der Waals surface area contributed by atoms with Crippen LogP contribution >= 0.6 is 0 Å². The molecular weight excluding hydrogens is 300 g/mol. The molecule has 0 unspecified atom stereocenters. The summed E-state index contributed by atoms with van der Waals surface area (Å²) in [6.07, 6.45) is 1.63. The fourth-order valence-corrected chi connectivity index (χ4v) is 4.39. The molecule has 118 valence electrons. The van der Waals surface area contributed by atoms with Crippen molar-refractivity contribution >= 4 is 20.8 Å². The third-order valence-electron chi connectivity index (χ3n) is 4.01. The lowest BCUT2D eigenvalue weighted by Gasteiger charge is -2.24. The molecule has 6 heteroatoms. The third kappa shape index (κ3) is 2.95. The first kappa shape index (κ1) is 15.3. The summed E-state index contributed by atoms with van der Waals surface area (Å²) < 4.78 is 33.6. The van der Waals surface area contributed by atoms with Crippen molar-refractivity contribution in [3.8, 4) is 5.75 Å². The topological polar surface area (TPSA) is 67.4 Å². The maximum atomic E-state index is 12.7. The highest BCUT2D eigenvalue weighted by atomic mass is 32.2. The highest BCUT2D eigenvalue weighted by molar-refractivity contribution is 7.89. The van der Waals surface area contributed by atoms with E-state index >= 15 is 0 Å². The Kier molecular flexibility index (Phi) is 4.33. The first-order valence-electron chi connectivity index (χ1n) is 7.40. The number of hydrogen-bond donors (Lipinski definition) is 2. The van der Waals surface area contributed by atoms with E-state index in [1.807, 2.05) is 24.3 Å². The number of fused-ring (bicyclic) bond motifs is 1. The molecule has 0 amide bonds. The van der Waals surface area contributed by atoms with E-state index in [4.69, 9.17) is 4.74 Å². The highest BCUT2D eigenvalue weighted by Gasteiger charge is 2.23. The normalized spacial score (nSPS) is 16.8. The Balaban J connectivity index is 2.01. The first-order chi connectivity index (χ1) is 10.6. The molecule has 2 aromatic carbocycles. The Bertz CT molecular complexity index is 768. The van der Waals surface area contributed by atoms with E-state index in [0.717, 1.165) is 31.3 Å². The van der Waals surface area contributed by atoms with Gasteiger partial charge in [0.1, 0.15) is 5.75 Å². The summed E-state index contributed by atoms with van der Waals surface area (Å²) in [4.78, 5) is 0.308. The maximum absolute atomic E-state index is 12.7. The zero-order valence-electron chi connectivity index (χ0n) is 12.5. The van der Waals surface area contributed by atoms with Crippen LogP contribution in [0.3, 0.4) is 0 Å². The van der Waals surface area contributed by atoms with E-state index in [1.54, 1.807) is 19.2 Å². The number of sulfonamides is 1. The maximum Gasteiger partial charge on any atom is 0.241 e. The average molecular weight is 320 g/mol. The SMILES string of the molecule is COc1ccc(S(=O)(=O)NC2CCNCC2)c2ccccc12. The van der Waals surface area contributed by atoms with Crippen molar-refractivity contribution in [1.82, 2.24) is 10.0 Å². The summed E-state index contributed by atoms with van der Waals surface area (Å²) in [5.74, 6) is 0.677. The van der Waals surface area contributed by atoms with Crippen molar-refractivity contribution in [2.24, 2.45) is 0 Å². The van der Waals surface area contributed by atoms with Crippen LogP contribution in [-0.4, -0.2) is 34.7 Å². The minimum absolute atomic E-state index is 0.00730. The minimum atomic E-state index is -3.54. The van der Waals surface area contributed by atoms with Gasteiger partial charge in [-0.25, -0.2) is 13.1 Å². The predicted octanol–water partition coefficient (Wildman–Crippen LogP) is 1.88. The molecule has 1 fully saturated rings. The van der Waals surface area contributed by atoms with Crippen LogP contribution in [0.25, 0.3) is 10.8 Å². The van der Waals surface area contributed by atoms with Gasteiger partial charge in [0.25, 0.3) is 0 Å². The number of methoxy groups -OCH3 is 1. The van der Waals surface area contributed by atoms with E-state index in [-0.39, 0.29) is 6.04 Å². The molecule has 0 radical (unpaired) electrons. The molecule has 1 saturated heterocycles. The Hall–Kier alpha value is -1.63. The number of benzene rings is 2. The third-order valence-corrected chi connectivity index (χ3v) is 5.59. The van der Waals surface area contributed by atoms with E-state index < -0.39 is 10.0 Å². The van der Waals surface area contributed by atoms with Gasteiger partial charge in [0.2, 0.25) is 10.0 Å². The zero-order chi connectivity index (χ0) is 15.6. The molecule has 1 aliphatic rings. The first-order valence-corrected chi connectivity index (χ1v) is 8.89. The van der Waals surface area contributed by atoms with Crippen molar-refractivity contribution in [2.45, 2.75) is 23.8 Å². The summed E-state index contributed by atoms with van der Waals surface area (Å²) in [6, 6.07) is 10.7. The van der Waals surface area contributed by atoms with Gasteiger partial charge in [-0.2, -0.15) is 0 Å². The van der Waals surface area contributed by atoms with Crippen LogP contribution in [-0.2, 0) is 10.0 Å². The highest BCUT2D eigenvalue weighted by Crippen LogP contribution is 2.31. The van der Waals surface area contributed by atoms with Crippen LogP contribution in [0.15, 0.2) is 41.3 Å². The van der Waals surface area contributed by atoms with Gasteiger partial charge in [0.05, 0.1) is 12.0 Å². The van der Waals surface area contributed by atoms with Crippen molar-refractivity contribution in [2.75, 3.05) is 20.2 Å². The lowest BCUT2D eigenvalue weighted by molar-refractivity contribution is 0.419. The van der Waals surface area contributed by atoms with Gasteiger partial charge in [0.15, 0.2) is 0 Å². The van der Waals surface area contributed by atoms with Crippen LogP contribution in [0.1, 0.15) is 12.8 Å². The molecule has 3 rings (SSSR count). The van der Waals surface area contributed by atoms with E-state index in [0.29, 0.717) is 16.0 Å². The quantitative estimate of drug-likeness (QED) is 0.902. The van der Waals surface area contributed by atoms with E-state index in [9.17, 15) is 8.42 Å². The van der Waals surface area contributed by atoms with Crippen molar-refractivity contribution in [1.29, 1.82) is 0 Å². The summed E-state index contributed by atoms with van der Waals surface area (Å²) in [6.45, 7) is 1.69. The van der Waals surface area contributed by atoms with E-state index in [1.165, 1.54) is 0 Å². The van der Waals surface area contributed by atoms with Crippen LogP contribution < -0.4 is 14.8 Å². The zero-order valence-corrected chi connectivity index (χ0v) is 13.3. The number of nitrogens with one attached hydrogen (secondary N) is 2. The Morgan fingerprint density at radius 3 is 2.45 bits per heavy atom. The molecule has 22 heavy (non-hydrogen) atoms. The average Bonchev–Trinajstić information content (AvgIpc) is 2.54. The molecule has 0 aromatic heterocycles. The van der Waals surface area contributed by atoms with Gasteiger partial charge in [-0.1, -0.05) is 24.3 Å². The Labute approximate surface area is 130 Å². The number of rotatable bonds is 4. The molecule has 2 aromatic rings. The van der Waals surface area contributed by atoms with Gasteiger partial charge in [-0.3, -0.25) is 0 Å². The van der Waals surface area contributed by atoms with Crippen LogP contribution in [0.2, 0.25) is 0 Å². The number of hydrogen-bond acceptors (Lipinski definition) is 4. The van der Waals surface area contributed by atoms with Gasteiger partial charge in [-0.15, -0.1) is 0 Å². The smallest absolute Gasteiger partial charge is 0.241 e. The molecule has 0 atom stereocenters. The predicted molar refractivity (Wildman–Crippen MR) is 86.7 cm³/mol. The van der Waals surface area contributed by atoms with Crippen molar-refractivity contribution < 1.29 is 13.2 Å². The Morgan fingerprint density at radius 1 is 1.09 bits per heavy atom. The molecule has 5 nitrogen and oxygen atoms in total. The molecule has 0 saturated carbocycles. The second-order valence-electron chi connectivity index (χ2n) is 5.46. The van der Waals surface area contributed by atoms with Gasteiger partial charge in [-0.05, 0) is 38.1 Å². The van der Waals surface area contributed by atoms with E-state index in [2.05, 4.69) is 10.0 Å². The lowest BCUT2D eigenvalue weighted by Crippen LogP contribution is -2.42. The fraction of sp³-hybridized carbons (Fsp3) is 0.375. The summed E-state index contributed by atoms with van der Waals surface area (Å²) in [5.41, 5.74) is 0. The van der Waals surface area contributed by atoms with Gasteiger partial charge >= 0.3 is 0 Å². The second-order valence-corrected chi connectivity index (χ2v) is 7.14. The van der Waals surface area contributed by atoms with Crippen molar-refractivity contribution in [3.63, 3.8) is 0 Å². The summed E-state index contributed by atoms with van der Waals surface area (Å²) in [7, 11) is -1.96. The van der Waals surface area contributed by atoms with Gasteiger partial charge < -0.3 is 10.1 Å². The van der Waals surface area contributed by atoms with Crippen LogP contribution in [0.5, 0.6) is 5.75 Å². The molecule has 0 aliphatic carbocycles. The lowest BCUT2D eigenvalue weighted by atomic mass is 10.1. The molecule has 0 bridgehead atoms. The monoisotopic (exact) mass is 320 g/mol. The molecule has 1 aliphatic heterocycles. The largest absolute Gasteiger partial charge is 0.496 e. The molecule has 1 heterocycles. The van der Waals surface area contributed by atoms with Crippen LogP contribution in [0.4, 0.5) is 0 Å². The molecule has 2 N–H and O–H groups in total. The standard InChI is InChI=1S/C16H20N2O3S/c1-21-15-6-7-16(14-5-3-2-4-13(14)15)22(19,20)18-12-8-10-17-11-9-12/h2-7,12,17-18H,8-11H2,1H3. The molecular formula is C16H20N2O3S. The summed E-state index contributed by atoms with van der Waals surface area (Å²) in [5, 5.41) is 4.72. The summed E-state index contributed by atoms with van der Waals surface area (Å²) >= 11 is 0. The van der Waals surface area contributed by atoms with Gasteiger partial charge in [0, 0.05) is 16.8 Å². The number of piperidine rings is 1. The number of ether oxygens (including phenoxy) is 1. The minimum Gasteiger partial charge on any atom is -0.496 e. The fourth-order valence-electron chi connectivity index (χ4n) is 2.88. The Morgan fingerprint density at radius 2 is 1.77 bits per heavy atom. The van der Waals surface area contributed by atoms with Crippen molar-refractivity contribution in [3.05, 3.63) is 36.4 Å². The van der Waals surface area contributed by atoms with Crippen LogP contribution in [0, 0.1) is 0 Å². The second kappa shape index (κ2) is 6.24.